The summed E-state index contributed by atoms with van der Waals surface area (Å²) in [6.45, 7) is 1.84. The van der Waals surface area contributed by atoms with Gasteiger partial charge in [0.1, 0.15) is 5.76 Å². The van der Waals surface area contributed by atoms with E-state index in [0.29, 0.717) is 12.0 Å². The monoisotopic (exact) mass is 188 g/mol. The second-order valence-corrected chi connectivity index (χ2v) is 3.66. The largest absolute Gasteiger partial charge is 0.512 e. The summed E-state index contributed by atoms with van der Waals surface area (Å²) < 4.78 is 0. The van der Waals surface area contributed by atoms with Crippen LogP contribution in [0.3, 0.4) is 0 Å². The summed E-state index contributed by atoms with van der Waals surface area (Å²) in [5.74, 6) is 0.201. The molecule has 0 radical (unpaired) electrons. The summed E-state index contributed by atoms with van der Waals surface area (Å²) in [7, 11) is 0. The third kappa shape index (κ3) is 1.33. The highest BCUT2D eigenvalue weighted by Crippen LogP contribution is 2.32. The number of benzene rings is 1. The number of hydrogen-bond acceptors (Lipinski definition) is 2. The molecule has 1 aromatic carbocycles. The molecule has 1 aromatic rings. The van der Waals surface area contributed by atoms with Crippen molar-refractivity contribution in [3.63, 3.8) is 0 Å². The van der Waals surface area contributed by atoms with Crippen molar-refractivity contribution < 1.29 is 9.90 Å². The average molecular weight is 188 g/mol. The van der Waals surface area contributed by atoms with Crippen molar-refractivity contribution in [3.05, 3.63) is 41.7 Å². The molecule has 2 heteroatoms. The number of carbonyl (C=O) groups excluding carboxylic acids is 1. The van der Waals surface area contributed by atoms with Gasteiger partial charge in [0.05, 0.1) is 5.57 Å². The number of carbonyl (C=O) groups is 1. The third-order valence-corrected chi connectivity index (χ3v) is 2.54. The predicted octanol–water partition coefficient (Wildman–Crippen LogP) is 2.56. The summed E-state index contributed by atoms with van der Waals surface area (Å²) in [6.07, 6.45) is 0.475. The molecule has 0 aliphatic heterocycles. The van der Waals surface area contributed by atoms with Gasteiger partial charge in [-0.2, -0.15) is 0 Å². The van der Waals surface area contributed by atoms with Gasteiger partial charge in [0, 0.05) is 12.3 Å². The summed E-state index contributed by atoms with van der Waals surface area (Å²) in [5, 5.41) is 9.64. The number of Topliss-reactive ketones (excluding diaryl/α,β-unsaturated/α-hetero) is 1. The van der Waals surface area contributed by atoms with E-state index < -0.39 is 0 Å². The molecule has 1 N–H and O–H groups in total. The lowest BCUT2D eigenvalue weighted by atomic mass is 10.0. The Morgan fingerprint density at radius 1 is 1.29 bits per heavy atom. The molecule has 2 nitrogen and oxygen atoms in total. The first-order valence-electron chi connectivity index (χ1n) is 4.72. The van der Waals surface area contributed by atoms with E-state index >= 15 is 0 Å². The fraction of sp³-hybridized carbons (Fsp3) is 0.250. The Balaban J connectivity index is 2.45. The minimum absolute atomic E-state index is 0.0497. The van der Waals surface area contributed by atoms with Gasteiger partial charge in [-0.3, -0.25) is 4.79 Å². The predicted molar refractivity (Wildman–Crippen MR) is 54.8 cm³/mol. The zero-order valence-corrected chi connectivity index (χ0v) is 8.03. The lowest BCUT2D eigenvalue weighted by Gasteiger charge is -2.02. The topological polar surface area (TPSA) is 37.3 Å². The highest BCUT2D eigenvalue weighted by Gasteiger charge is 2.30. The molecule has 0 amide bonds. The Labute approximate surface area is 82.9 Å². The summed E-state index contributed by atoms with van der Waals surface area (Å²) in [6, 6.07) is 9.32. The summed E-state index contributed by atoms with van der Waals surface area (Å²) >= 11 is 0. The first-order valence-corrected chi connectivity index (χ1v) is 4.72. The zero-order chi connectivity index (χ0) is 10.1. The Morgan fingerprint density at radius 3 is 2.43 bits per heavy atom. The number of aliphatic hydroxyl groups is 1. The first kappa shape index (κ1) is 9.00. The van der Waals surface area contributed by atoms with E-state index in [-0.39, 0.29) is 17.5 Å². The quantitative estimate of drug-likeness (QED) is 0.735. The van der Waals surface area contributed by atoms with Gasteiger partial charge in [0.25, 0.3) is 0 Å². The second kappa shape index (κ2) is 3.29. The van der Waals surface area contributed by atoms with Crippen molar-refractivity contribution in [2.75, 3.05) is 0 Å². The Kier molecular flexibility index (Phi) is 2.12. The average Bonchev–Trinajstić information content (AvgIpc) is 2.43. The minimum atomic E-state index is -0.0785. The fourth-order valence-corrected chi connectivity index (χ4v) is 1.79. The van der Waals surface area contributed by atoms with Crippen molar-refractivity contribution in [1.82, 2.24) is 0 Å². The standard InChI is InChI=1S/C12H12O2/c1-8-7-10(13)11(12(8)14)9-5-3-2-4-6-9/h2-6,8,13H,7H2,1H3. The van der Waals surface area contributed by atoms with Gasteiger partial charge in [-0.05, 0) is 5.56 Å². The number of aliphatic hydroxyl groups excluding tert-OH is 1. The molecule has 0 fully saturated rings. The van der Waals surface area contributed by atoms with Gasteiger partial charge in [-0.25, -0.2) is 0 Å². The van der Waals surface area contributed by atoms with Gasteiger partial charge in [-0.1, -0.05) is 37.3 Å². The van der Waals surface area contributed by atoms with Crippen molar-refractivity contribution in [2.45, 2.75) is 13.3 Å². The molecule has 0 saturated carbocycles. The van der Waals surface area contributed by atoms with Gasteiger partial charge >= 0.3 is 0 Å². The van der Waals surface area contributed by atoms with Crippen molar-refractivity contribution in [2.24, 2.45) is 5.92 Å². The third-order valence-electron chi connectivity index (χ3n) is 2.54. The summed E-state index contributed by atoms with van der Waals surface area (Å²) in [5.41, 5.74) is 1.32. The molecule has 1 aliphatic rings. The SMILES string of the molecule is CC1CC(O)=C(c2ccccc2)C1=O. The van der Waals surface area contributed by atoms with Gasteiger partial charge in [0.2, 0.25) is 0 Å². The maximum atomic E-state index is 11.7. The molecule has 0 bridgehead atoms. The molecule has 0 aromatic heterocycles. The molecular formula is C12H12O2. The van der Waals surface area contributed by atoms with Crippen LogP contribution in [0.4, 0.5) is 0 Å². The maximum absolute atomic E-state index is 11.7. The van der Waals surface area contributed by atoms with E-state index in [1.54, 1.807) is 0 Å². The Bertz CT molecular complexity index is 390. The van der Waals surface area contributed by atoms with Crippen LogP contribution in [0.2, 0.25) is 0 Å². The molecule has 0 saturated heterocycles. The van der Waals surface area contributed by atoms with Crippen LogP contribution in [0.25, 0.3) is 5.57 Å². The number of allylic oxidation sites excluding steroid dienone is 2. The van der Waals surface area contributed by atoms with Crippen LogP contribution < -0.4 is 0 Å². The van der Waals surface area contributed by atoms with Gasteiger partial charge in [0.15, 0.2) is 5.78 Å². The summed E-state index contributed by atoms with van der Waals surface area (Å²) in [4.78, 5) is 11.7. The van der Waals surface area contributed by atoms with Crippen LogP contribution >= 0.6 is 0 Å². The van der Waals surface area contributed by atoms with Gasteiger partial charge in [-0.15, -0.1) is 0 Å². The van der Waals surface area contributed by atoms with Crippen molar-refractivity contribution in [1.29, 1.82) is 0 Å². The van der Waals surface area contributed by atoms with E-state index in [0.717, 1.165) is 5.56 Å². The Morgan fingerprint density at radius 2 is 1.93 bits per heavy atom. The highest BCUT2D eigenvalue weighted by atomic mass is 16.3. The number of rotatable bonds is 1. The first-order chi connectivity index (χ1) is 6.70. The Hall–Kier alpha value is -1.57. The molecule has 14 heavy (non-hydrogen) atoms. The molecular weight excluding hydrogens is 176 g/mol. The second-order valence-electron chi connectivity index (χ2n) is 3.66. The van der Waals surface area contributed by atoms with Crippen LogP contribution in [0.15, 0.2) is 36.1 Å². The van der Waals surface area contributed by atoms with Crippen LogP contribution in [0.5, 0.6) is 0 Å². The van der Waals surface area contributed by atoms with Crippen LogP contribution in [0, 0.1) is 5.92 Å². The smallest absolute Gasteiger partial charge is 0.170 e. The number of hydrogen-bond donors (Lipinski definition) is 1. The minimum Gasteiger partial charge on any atom is -0.512 e. The molecule has 2 rings (SSSR count). The van der Waals surface area contributed by atoms with E-state index in [1.165, 1.54) is 0 Å². The fourth-order valence-electron chi connectivity index (χ4n) is 1.79. The van der Waals surface area contributed by atoms with E-state index in [4.69, 9.17) is 0 Å². The van der Waals surface area contributed by atoms with Gasteiger partial charge < -0.3 is 5.11 Å². The molecule has 0 heterocycles. The van der Waals surface area contributed by atoms with E-state index in [2.05, 4.69) is 0 Å². The molecule has 1 atom stereocenters. The van der Waals surface area contributed by atoms with Crippen molar-refractivity contribution in [3.8, 4) is 0 Å². The molecule has 0 spiro atoms. The van der Waals surface area contributed by atoms with Crippen LogP contribution in [-0.2, 0) is 4.79 Å². The van der Waals surface area contributed by atoms with E-state index in [1.807, 2.05) is 37.3 Å². The molecule has 1 aliphatic carbocycles. The zero-order valence-electron chi connectivity index (χ0n) is 8.03. The van der Waals surface area contributed by atoms with Crippen LogP contribution in [-0.4, -0.2) is 10.9 Å². The number of ketones is 1. The molecule has 1 unspecified atom stereocenters. The lowest BCUT2D eigenvalue weighted by molar-refractivity contribution is -0.116. The van der Waals surface area contributed by atoms with Crippen molar-refractivity contribution >= 4 is 11.4 Å². The lowest BCUT2D eigenvalue weighted by Crippen LogP contribution is -2.05. The normalized spacial score (nSPS) is 21.8. The van der Waals surface area contributed by atoms with E-state index in [9.17, 15) is 9.90 Å². The maximum Gasteiger partial charge on any atom is 0.170 e. The highest BCUT2D eigenvalue weighted by molar-refractivity contribution is 6.24. The van der Waals surface area contributed by atoms with Crippen LogP contribution in [0.1, 0.15) is 18.9 Å². The molecule has 72 valence electrons.